The van der Waals surface area contributed by atoms with Gasteiger partial charge in [-0.1, -0.05) is 29.3 Å². The minimum Gasteiger partial charge on any atom is -0.379 e. The number of aromatic nitrogens is 1. The van der Waals surface area contributed by atoms with E-state index in [0.29, 0.717) is 42.1 Å². The van der Waals surface area contributed by atoms with Crippen molar-refractivity contribution < 1.29 is 13.2 Å². The van der Waals surface area contributed by atoms with Gasteiger partial charge in [-0.3, -0.25) is 0 Å². The van der Waals surface area contributed by atoms with Crippen LogP contribution in [0.2, 0.25) is 10.0 Å². The van der Waals surface area contributed by atoms with Gasteiger partial charge in [0, 0.05) is 25.0 Å². The molecule has 1 aromatic carbocycles. The average molecular weight is 419 g/mol. The molecule has 25 heavy (non-hydrogen) atoms. The number of hydrogen-bond donors (Lipinski definition) is 0. The molecule has 1 aliphatic heterocycles. The van der Waals surface area contributed by atoms with Crippen molar-refractivity contribution >= 4 is 45.0 Å². The molecule has 1 fully saturated rings. The standard InChI is InChI=1S/C16H16Cl2N2O3S2/c17-14-3-1-12(9-15(14)18)11-24-16-4-2-13(10-19-16)25(21,22)20-5-7-23-8-6-20/h1-4,9-10H,5-8,11H2. The fraction of sp³-hybridized carbons (Fsp3) is 0.312. The summed E-state index contributed by atoms with van der Waals surface area (Å²) in [4.78, 5) is 4.46. The van der Waals surface area contributed by atoms with Crippen LogP contribution in [0, 0.1) is 0 Å². The minimum absolute atomic E-state index is 0.202. The van der Waals surface area contributed by atoms with Crippen molar-refractivity contribution in [1.29, 1.82) is 0 Å². The van der Waals surface area contributed by atoms with E-state index < -0.39 is 10.0 Å². The number of ether oxygens (including phenoxy) is 1. The Balaban J connectivity index is 1.66. The molecular formula is C16H16Cl2N2O3S2. The molecule has 0 atom stereocenters. The van der Waals surface area contributed by atoms with E-state index >= 15 is 0 Å². The van der Waals surface area contributed by atoms with Crippen molar-refractivity contribution in [3.05, 3.63) is 52.1 Å². The third kappa shape index (κ3) is 4.67. The lowest BCUT2D eigenvalue weighted by atomic mass is 10.2. The zero-order valence-corrected chi connectivity index (χ0v) is 16.3. The molecule has 2 heterocycles. The molecule has 0 bridgehead atoms. The Morgan fingerprint density at radius 3 is 2.52 bits per heavy atom. The lowest BCUT2D eigenvalue weighted by Gasteiger charge is -2.25. The Bertz CT molecular complexity index is 839. The molecule has 134 valence electrons. The second-order valence-corrected chi connectivity index (χ2v) is 9.13. The molecule has 0 N–H and O–H groups in total. The fourth-order valence-corrected chi connectivity index (χ4v) is 4.79. The maximum Gasteiger partial charge on any atom is 0.244 e. The minimum atomic E-state index is -3.51. The lowest BCUT2D eigenvalue weighted by molar-refractivity contribution is 0.0730. The molecule has 0 radical (unpaired) electrons. The van der Waals surface area contributed by atoms with Gasteiger partial charge in [-0.05, 0) is 29.8 Å². The van der Waals surface area contributed by atoms with Gasteiger partial charge in [0.15, 0.2) is 0 Å². The summed E-state index contributed by atoms with van der Waals surface area (Å²) in [6.07, 6.45) is 1.40. The Hall–Kier alpha value is -0.830. The zero-order chi connectivity index (χ0) is 17.9. The van der Waals surface area contributed by atoms with Crippen molar-refractivity contribution in [2.45, 2.75) is 15.7 Å². The first kappa shape index (κ1) is 18.9. The van der Waals surface area contributed by atoms with Gasteiger partial charge in [0.25, 0.3) is 0 Å². The quantitative estimate of drug-likeness (QED) is 0.692. The highest BCUT2D eigenvalue weighted by molar-refractivity contribution is 7.98. The third-order valence-corrected chi connectivity index (χ3v) is 7.32. The summed E-state index contributed by atoms with van der Waals surface area (Å²) in [6.45, 7) is 1.58. The van der Waals surface area contributed by atoms with Crippen molar-refractivity contribution in [2.24, 2.45) is 0 Å². The average Bonchev–Trinajstić information content (AvgIpc) is 2.64. The summed E-state index contributed by atoms with van der Waals surface area (Å²) in [7, 11) is -3.51. The maximum atomic E-state index is 12.5. The number of rotatable bonds is 5. The van der Waals surface area contributed by atoms with E-state index in [1.807, 2.05) is 12.1 Å². The Morgan fingerprint density at radius 2 is 1.88 bits per heavy atom. The van der Waals surface area contributed by atoms with Gasteiger partial charge >= 0.3 is 0 Å². The summed E-state index contributed by atoms with van der Waals surface area (Å²) in [5.74, 6) is 0.666. The number of morpholine rings is 1. The molecular weight excluding hydrogens is 403 g/mol. The summed E-state index contributed by atoms with van der Waals surface area (Å²) in [6, 6.07) is 8.78. The molecule has 9 heteroatoms. The summed E-state index contributed by atoms with van der Waals surface area (Å²) < 4.78 is 31.7. The third-order valence-electron chi connectivity index (χ3n) is 3.69. The summed E-state index contributed by atoms with van der Waals surface area (Å²) in [5, 5.41) is 1.78. The normalized spacial score (nSPS) is 16.1. The Labute approximate surface area is 161 Å². The SMILES string of the molecule is O=S(=O)(c1ccc(SCc2ccc(Cl)c(Cl)c2)nc1)N1CCOCC1. The summed E-state index contributed by atoms with van der Waals surface area (Å²) >= 11 is 13.4. The monoisotopic (exact) mass is 418 g/mol. The van der Waals surface area contributed by atoms with E-state index in [4.69, 9.17) is 27.9 Å². The number of nitrogens with zero attached hydrogens (tertiary/aromatic N) is 2. The molecule has 0 saturated carbocycles. The second-order valence-electron chi connectivity index (χ2n) is 5.39. The van der Waals surface area contributed by atoms with Crippen LogP contribution in [0.25, 0.3) is 0 Å². The predicted molar refractivity (Wildman–Crippen MR) is 99.8 cm³/mol. The van der Waals surface area contributed by atoms with Gasteiger partial charge in [0.1, 0.15) is 4.90 Å². The van der Waals surface area contributed by atoms with Crippen LogP contribution in [0.1, 0.15) is 5.56 Å². The van der Waals surface area contributed by atoms with Crippen LogP contribution in [0.5, 0.6) is 0 Å². The first-order chi connectivity index (χ1) is 12.0. The molecule has 5 nitrogen and oxygen atoms in total. The van der Waals surface area contributed by atoms with Gasteiger partial charge in [-0.25, -0.2) is 13.4 Å². The van der Waals surface area contributed by atoms with Gasteiger partial charge in [-0.15, -0.1) is 11.8 Å². The predicted octanol–water partition coefficient (Wildman–Crippen LogP) is 3.70. The van der Waals surface area contributed by atoms with Crippen molar-refractivity contribution in [3.63, 3.8) is 0 Å². The van der Waals surface area contributed by atoms with Crippen LogP contribution in [0.4, 0.5) is 0 Å². The van der Waals surface area contributed by atoms with E-state index in [0.717, 1.165) is 10.6 Å². The first-order valence-electron chi connectivity index (χ1n) is 7.57. The number of sulfonamides is 1. The molecule has 0 amide bonds. The smallest absolute Gasteiger partial charge is 0.244 e. The molecule has 2 aromatic rings. The van der Waals surface area contributed by atoms with E-state index in [1.165, 1.54) is 22.3 Å². The number of pyridine rings is 1. The highest BCUT2D eigenvalue weighted by Crippen LogP contribution is 2.27. The molecule has 3 rings (SSSR count). The topological polar surface area (TPSA) is 59.5 Å². The lowest BCUT2D eigenvalue weighted by Crippen LogP contribution is -2.40. The van der Waals surface area contributed by atoms with Gasteiger partial charge < -0.3 is 4.74 Å². The van der Waals surface area contributed by atoms with Crippen molar-refractivity contribution in [2.75, 3.05) is 26.3 Å². The second kappa shape index (κ2) is 8.24. The molecule has 0 unspecified atom stereocenters. The van der Waals surface area contributed by atoms with Crippen LogP contribution < -0.4 is 0 Å². The number of hydrogen-bond acceptors (Lipinski definition) is 5. The highest BCUT2D eigenvalue weighted by Gasteiger charge is 2.26. The molecule has 0 spiro atoms. The van der Waals surface area contributed by atoms with Crippen molar-refractivity contribution in [3.8, 4) is 0 Å². The van der Waals surface area contributed by atoms with Gasteiger partial charge in [0.2, 0.25) is 10.0 Å². The van der Waals surface area contributed by atoms with E-state index in [1.54, 1.807) is 18.2 Å². The summed E-state index contributed by atoms with van der Waals surface area (Å²) in [5.41, 5.74) is 1.02. The highest BCUT2D eigenvalue weighted by atomic mass is 35.5. The van der Waals surface area contributed by atoms with Crippen molar-refractivity contribution in [1.82, 2.24) is 9.29 Å². The number of thioether (sulfide) groups is 1. The zero-order valence-electron chi connectivity index (χ0n) is 13.2. The molecule has 0 aliphatic carbocycles. The van der Waals surface area contributed by atoms with E-state index in [2.05, 4.69) is 4.98 Å². The fourth-order valence-electron chi connectivity index (χ4n) is 2.33. The molecule has 1 saturated heterocycles. The molecule has 1 aromatic heterocycles. The van der Waals surface area contributed by atoms with Crippen LogP contribution in [-0.2, 0) is 20.5 Å². The Morgan fingerprint density at radius 1 is 1.12 bits per heavy atom. The Kier molecular flexibility index (Phi) is 6.25. The van der Waals surface area contributed by atoms with E-state index in [-0.39, 0.29) is 4.90 Å². The van der Waals surface area contributed by atoms with Gasteiger partial charge in [-0.2, -0.15) is 4.31 Å². The largest absolute Gasteiger partial charge is 0.379 e. The van der Waals surface area contributed by atoms with Crippen LogP contribution in [0.15, 0.2) is 46.5 Å². The van der Waals surface area contributed by atoms with Crippen LogP contribution >= 0.6 is 35.0 Å². The van der Waals surface area contributed by atoms with E-state index in [9.17, 15) is 8.42 Å². The number of benzene rings is 1. The number of halogens is 2. The van der Waals surface area contributed by atoms with Crippen LogP contribution in [0.3, 0.4) is 0 Å². The molecule has 1 aliphatic rings. The maximum absolute atomic E-state index is 12.5. The van der Waals surface area contributed by atoms with Gasteiger partial charge in [0.05, 0.1) is 28.3 Å². The van der Waals surface area contributed by atoms with Crippen LogP contribution in [-0.4, -0.2) is 44.0 Å². The first-order valence-corrected chi connectivity index (χ1v) is 10.8.